The molecule has 4 rings (SSSR count). The Bertz CT molecular complexity index is 1430. The van der Waals surface area contributed by atoms with Crippen LogP contribution in [0.4, 0.5) is 5.69 Å². The van der Waals surface area contributed by atoms with Crippen molar-refractivity contribution in [1.29, 1.82) is 0 Å². The van der Waals surface area contributed by atoms with Gasteiger partial charge in [0.05, 0.1) is 36.2 Å². The topological polar surface area (TPSA) is 84.7 Å². The van der Waals surface area contributed by atoms with Gasteiger partial charge < -0.3 is 14.4 Å². The van der Waals surface area contributed by atoms with Crippen molar-refractivity contribution in [2.45, 2.75) is 37.4 Å². The molecule has 10 heteroatoms. The zero-order chi connectivity index (χ0) is 26.4. The maximum atomic E-state index is 14.1. The minimum atomic E-state index is -4.10. The van der Waals surface area contributed by atoms with E-state index in [1.54, 1.807) is 37.6 Å². The lowest BCUT2D eigenvalue weighted by atomic mass is 10.1. The number of halogens is 2. The van der Waals surface area contributed by atoms with Crippen molar-refractivity contribution in [3.63, 3.8) is 0 Å². The van der Waals surface area contributed by atoms with E-state index >= 15 is 0 Å². The van der Waals surface area contributed by atoms with Crippen molar-refractivity contribution in [3.8, 4) is 5.75 Å². The van der Waals surface area contributed by atoms with Crippen molar-refractivity contribution in [1.82, 2.24) is 9.55 Å². The molecule has 4 aromatic rings. The molecule has 1 atom stereocenters. The average Bonchev–Trinajstić information content (AvgIpc) is 3.41. The summed E-state index contributed by atoms with van der Waals surface area (Å²) in [5.41, 5.74) is 1.38. The highest BCUT2D eigenvalue weighted by atomic mass is 35.5. The first-order valence-corrected chi connectivity index (χ1v) is 13.9. The SMILES string of the molecule is C[C@H](c1ccccc1OCCCn1ccnc1)N(c1cc(Cl)ccc1CO)S(=O)(=O)c1ccc(Cl)cc1. The van der Waals surface area contributed by atoms with Crippen LogP contribution in [-0.2, 0) is 23.2 Å². The van der Waals surface area contributed by atoms with Crippen LogP contribution < -0.4 is 9.04 Å². The van der Waals surface area contributed by atoms with Crippen molar-refractivity contribution in [3.05, 3.63) is 107 Å². The van der Waals surface area contributed by atoms with Crippen LogP contribution in [0.15, 0.2) is 90.3 Å². The second-order valence-corrected chi connectivity index (χ2v) is 11.1. The van der Waals surface area contributed by atoms with Crippen LogP contribution >= 0.6 is 23.2 Å². The fourth-order valence-corrected chi connectivity index (χ4v) is 6.03. The van der Waals surface area contributed by atoms with Gasteiger partial charge in [0, 0.05) is 40.1 Å². The quantitative estimate of drug-likeness (QED) is 0.224. The molecule has 0 amide bonds. The van der Waals surface area contributed by atoms with Gasteiger partial charge in [0.15, 0.2) is 0 Å². The molecule has 1 N–H and O–H groups in total. The van der Waals surface area contributed by atoms with E-state index in [-0.39, 0.29) is 17.2 Å². The van der Waals surface area contributed by atoms with Crippen LogP contribution in [0, 0.1) is 0 Å². The molecular weight excluding hydrogens is 533 g/mol. The van der Waals surface area contributed by atoms with E-state index in [9.17, 15) is 13.5 Å². The number of ether oxygens (including phenoxy) is 1. The number of aryl methyl sites for hydroxylation is 1. The third-order valence-corrected chi connectivity index (χ3v) is 8.31. The lowest BCUT2D eigenvalue weighted by Gasteiger charge is -2.33. The Morgan fingerprint density at radius 2 is 1.78 bits per heavy atom. The number of benzene rings is 3. The molecule has 0 aliphatic heterocycles. The van der Waals surface area contributed by atoms with Gasteiger partial charge in [-0.25, -0.2) is 13.4 Å². The number of hydrogen-bond acceptors (Lipinski definition) is 5. The molecule has 0 spiro atoms. The maximum Gasteiger partial charge on any atom is 0.264 e. The van der Waals surface area contributed by atoms with Crippen LogP contribution in [0.2, 0.25) is 10.0 Å². The number of rotatable bonds is 11. The van der Waals surface area contributed by atoms with Crippen molar-refractivity contribution >= 4 is 38.9 Å². The van der Waals surface area contributed by atoms with Crippen molar-refractivity contribution < 1.29 is 18.3 Å². The molecule has 37 heavy (non-hydrogen) atoms. The smallest absolute Gasteiger partial charge is 0.264 e. The number of para-hydroxylation sites is 1. The zero-order valence-corrected chi connectivity index (χ0v) is 22.5. The average molecular weight is 561 g/mol. The van der Waals surface area contributed by atoms with Crippen LogP contribution in [0.1, 0.15) is 30.5 Å². The normalized spacial score (nSPS) is 12.3. The summed E-state index contributed by atoms with van der Waals surface area (Å²) in [4.78, 5) is 4.10. The second-order valence-electron chi connectivity index (χ2n) is 8.40. The summed E-state index contributed by atoms with van der Waals surface area (Å²) in [5.74, 6) is 0.574. The third-order valence-electron chi connectivity index (χ3n) is 5.92. The highest BCUT2D eigenvalue weighted by molar-refractivity contribution is 7.92. The number of nitrogens with zero attached hydrogens (tertiary/aromatic N) is 3. The molecule has 0 aliphatic carbocycles. The summed E-state index contributed by atoms with van der Waals surface area (Å²) in [5, 5.41) is 10.8. The summed E-state index contributed by atoms with van der Waals surface area (Å²) >= 11 is 12.3. The summed E-state index contributed by atoms with van der Waals surface area (Å²) in [7, 11) is -4.10. The fraction of sp³-hybridized carbons (Fsp3) is 0.222. The van der Waals surface area contributed by atoms with Crippen molar-refractivity contribution in [2.75, 3.05) is 10.9 Å². The predicted octanol–water partition coefficient (Wildman–Crippen LogP) is 6.11. The van der Waals surface area contributed by atoms with Gasteiger partial charge in [-0.05, 0) is 55.8 Å². The molecule has 0 bridgehead atoms. The van der Waals surface area contributed by atoms with E-state index in [1.807, 2.05) is 35.0 Å². The highest BCUT2D eigenvalue weighted by Crippen LogP contribution is 2.39. The van der Waals surface area contributed by atoms with Gasteiger partial charge in [0.1, 0.15) is 5.75 Å². The van der Waals surface area contributed by atoms with E-state index in [1.165, 1.54) is 28.6 Å². The fourth-order valence-electron chi connectivity index (χ4n) is 4.07. The molecule has 194 valence electrons. The van der Waals surface area contributed by atoms with Gasteiger partial charge >= 0.3 is 0 Å². The summed E-state index contributed by atoms with van der Waals surface area (Å²) in [6, 6.07) is 17.4. The molecule has 1 aromatic heterocycles. The Labute approximate surface area is 226 Å². The summed E-state index contributed by atoms with van der Waals surface area (Å²) in [6.45, 7) is 2.60. The van der Waals surface area contributed by atoms with E-state index < -0.39 is 16.1 Å². The van der Waals surface area contributed by atoms with Gasteiger partial charge in [0.2, 0.25) is 0 Å². The minimum absolute atomic E-state index is 0.0614. The molecule has 0 saturated carbocycles. The molecule has 0 saturated heterocycles. The zero-order valence-electron chi connectivity index (χ0n) is 20.2. The third kappa shape index (κ3) is 6.27. The Morgan fingerprint density at radius 3 is 2.49 bits per heavy atom. The Hall–Kier alpha value is -3.04. The van der Waals surface area contributed by atoms with E-state index in [0.717, 1.165) is 13.0 Å². The number of imidazole rings is 1. The first-order valence-electron chi connectivity index (χ1n) is 11.7. The second kappa shape index (κ2) is 12.0. The minimum Gasteiger partial charge on any atom is -0.493 e. The Morgan fingerprint density at radius 1 is 1.05 bits per heavy atom. The summed E-state index contributed by atoms with van der Waals surface area (Å²) in [6.07, 6.45) is 6.11. The van der Waals surface area contributed by atoms with Crippen LogP contribution in [0.5, 0.6) is 5.75 Å². The molecule has 3 aromatic carbocycles. The largest absolute Gasteiger partial charge is 0.493 e. The molecular formula is C27H27Cl2N3O4S. The lowest BCUT2D eigenvalue weighted by molar-refractivity contribution is 0.282. The van der Waals surface area contributed by atoms with E-state index in [4.69, 9.17) is 27.9 Å². The molecule has 0 radical (unpaired) electrons. The standard InChI is InChI=1S/C27H27Cl2N3O4S/c1-20(25-5-2-3-6-27(25)36-16-4-14-31-15-13-30-19-31)32(26-17-23(29)8-7-21(26)18-33)37(34,35)24-11-9-22(28)10-12-24/h2-3,5-13,15,17,19-20,33H,4,14,16,18H2,1H3/t20-/m1/s1. The molecule has 0 unspecified atom stereocenters. The molecule has 0 fully saturated rings. The van der Waals surface area contributed by atoms with E-state index in [0.29, 0.717) is 33.5 Å². The Kier molecular flexibility index (Phi) is 8.76. The van der Waals surface area contributed by atoms with Gasteiger partial charge in [-0.1, -0.05) is 47.5 Å². The van der Waals surface area contributed by atoms with Crippen LogP contribution in [-0.4, -0.2) is 29.7 Å². The number of anilines is 1. The Balaban J connectivity index is 1.72. The van der Waals surface area contributed by atoms with Crippen LogP contribution in [0.25, 0.3) is 0 Å². The van der Waals surface area contributed by atoms with Gasteiger partial charge in [0.25, 0.3) is 10.0 Å². The first-order chi connectivity index (χ1) is 17.8. The van der Waals surface area contributed by atoms with E-state index in [2.05, 4.69) is 4.98 Å². The van der Waals surface area contributed by atoms with Crippen molar-refractivity contribution in [2.24, 2.45) is 0 Å². The molecule has 0 aliphatic rings. The van der Waals surface area contributed by atoms with Gasteiger partial charge in [-0.15, -0.1) is 0 Å². The van der Waals surface area contributed by atoms with Gasteiger partial charge in [-0.3, -0.25) is 4.31 Å². The monoisotopic (exact) mass is 559 g/mol. The molecule has 1 heterocycles. The predicted molar refractivity (Wildman–Crippen MR) is 146 cm³/mol. The number of aromatic nitrogens is 2. The maximum absolute atomic E-state index is 14.1. The number of aliphatic hydroxyl groups excluding tert-OH is 1. The highest BCUT2D eigenvalue weighted by Gasteiger charge is 2.33. The first kappa shape index (κ1) is 27.0. The van der Waals surface area contributed by atoms with Gasteiger partial charge in [-0.2, -0.15) is 0 Å². The summed E-state index contributed by atoms with van der Waals surface area (Å²) < 4.78 is 37.5. The lowest BCUT2D eigenvalue weighted by Crippen LogP contribution is -2.34. The molecule has 7 nitrogen and oxygen atoms in total. The number of aliphatic hydroxyl groups is 1. The number of sulfonamides is 1. The number of hydrogen-bond donors (Lipinski definition) is 1. The van der Waals surface area contributed by atoms with Crippen LogP contribution in [0.3, 0.4) is 0 Å².